The number of rotatable bonds is 5. The minimum Gasteiger partial charge on any atom is -0.329 e. The average Bonchev–Trinajstić information content (AvgIpc) is 2.24. The van der Waals surface area contributed by atoms with Gasteiger partial charge in [-0.2, -0.15) is 13.2 Å². The van der Waals surface area contributed by atoms with Gasteiger partial charge in [0.2, 0.25) is 0 Å². The van der Waals surface area contributed by atoms with Crippen molar-refractivity contribution in [1.82, 2.24) is 5.32 Å². The fraction of sp³-hybridized carbons (Fsp3) is 1.00. The van der Waals surface area contributed by atoms with Gasteiger partial charge < -0.3 is 11.1 Å². The van der Waals surface area contributed by atoms with E-state index < -0.39 is 12.7 Å². The molecule has 0 aromatic rings. The summed E-state index contributed by atoms with van der Waals surface area (Å²) in [5.41, 5.74) is 5.49. The summed E-state index contributed by atoms with van der Waals surface area (Å²) < 4.78 is 36.1. The zero-order valence-corrected chi connectivity index (χ0v) is 9.52. The van der Waals surface area contributed by atoms with Crippen LogP contribution in [0.15, 0.2) is 0 Å². The van der Waals surface area contributed by atoms with Crippen LogP contribution in [0, 0.1) is 5.92 Å². The summed E-state index contributed by atoms with van der Waals surface area (Å²) in [7, 11) is 0. The zero-order chi connectivity index (χ0) is 12.0. The molecular weight excluding hydrogens is 217 g/mol. The summed E-state index contributed by atoms with van der Waals surface area (Å²) in [5.74, 6) is 0.558. The molecule has 0 aromatic heterocycles. The van der Waals surface area contributed by atoms with Gasteiger partial charge in [-0.3, -0.25) is 0 Å². The van der Waals surface area contributed by atoms with Crippen LogP contribution in [0.2, 0.25) is 0 Å². The summed E-state index contributed by atoms with van der Waals surface area (Å²) in [4.78, 5) is 0. The molecule has 2 nitrogen and oxygen atoms in total. The molecule has 0 spiro atoms. The molecule has 1 aliphatic carbocycles. The second-order valence-corrected chi connectivity index (χ2v) is 4.67. The molecular formula is C11H21F3N2. The lowest BCUT2D eigenvalue weighted by atomic mass is 9.85. The van der Waals surface area contributed by atoms with Gasteiger partial charge in [0, 0.05) is 12.6 Å². The Morgan fingerprint density at radius 3 is 2.31 bits per heavy atom. The lowest BCUT2D eigenvalue weighted by Crippen LogP contribution is -2.42. The first-order valence-electron chi connectivity index (χ1n) is 6.01. The van der Waals surface area contributed by atoms with Crippen LogP contribution in [0.25, 0.3) is 0 Å². The van der Waals surface area contributed by atoms with Gasteiger partial charge in [-0.05, 0) is 12.3 Å². The molecule has 1 fully saturated rings. The minimum absolute atomic E-state index is 0.190. The lowest BCUT2D eigenvalue weighted by molar-refractivity contribution is -0.126. The van der Waals surface area contributed by atoms with Crippen molar-refractivity contribution < 1.29 is 13.2 Å². The molecule has 1 rings (SSSR count). The van der Waals surface area contributed by atoms with E-state index in [0.29, 0.717) is 5.92 Å². The van der Waals surface area contributed by atoms with Crippen LogP contribution in [0.5, 0.6) is 0 Å². The molecule has 1 aliphatic rings. The maximum Gasteiger partial charge on any atom is 0.401 e. The van der Waals surface area contributed by atoms with Gasteiger partial charge in [0.25, 0.3) is 0 Å². The van der Waals surface area contributed by atoms with E-state index in [1.165, 1.54) is 19.3 Å². The van der Waals surface area contributed by atoms with Crippen LogP contribution >= 0.6 is 0 Å². The Labute approximate surface area is 94.8 Å². The third-order valence-electron chi connectivity index (χ3n) is 3.22. The fourth-order valence-electron chi connectivity index (χ4n) is 2.35. The minimum atomic E-state index is -4.14. The Balaban J connectivity index is 2.25. The van der Waals surface area contributed by atoms with E-state index >= 15 is 0 Å². The molecule has 0 heterocycles. The van der Waals surface area contributed by atoms with Crippen molar-refractivity contribution in [2.24, 2.45) is 11.7 Å². The van der Waals surface area contributed by atoms with E-state index in [9.17, 15) is 13.2 Å². The van der Waals surface area contributed by atoms with Crippen molar-refractivity contribution >= 4 is 0 Å². The monoisotopic (exact) mass is 238 g/mol. The van der Waals surface area contributed by atoms with Crippen LogP contribution < -0.4 is 11.1 Å². The molecule has 0 amide bonds. The molecule has 16 heavy (non-hydrogen) atoms. The fourth-order valence-corrected chi connectivity index (χ4v) is 2.35. The molecule has 1 saturated carbocycles. The van der Waals surface area contributed by atoms with Crippen molar-refractivity contribution in [2.75, 3.05) is 13.1 Å². The van der Waals surface area contributed by atoms with Gasteiger partial charge in [-0.25, -0.2) is 0 Å². The molecule has 3 N–H and O–H groups in total. The Morgan fingerprint density at radius 2 is 1.81 bits per heavy atom. The van der Waals surface area contributed by atoms with Crippen molar-refractivity contribution in [3.8, 4) is 0 Å². The topological polar surface area (TPSA) is 38.0 Å². The SMILES string of the molecule is NCC(CC1CCCCC1)NCC(F)(F)F. The summed E-state index contributed by atoms with van der Waals surface area (Å²) in [6.45, 7) is -0.645. The average molecular weight is 238 g/mol. The Kier molecular flexibility index (Phi) is 5.55. The van der Waals surface area contributed by atoms with E-state index in [-0.39, 0.29) is 12.6 Å². The van der Waals surface area contributed by atoms with Gasteiger partial charge in [-0.15, -0.1) is 0 Å². The summed E-state index contributed by atoms with van der Waals surface area (Å²) in [6, 6.07) is -0.190. The van der Waals surface area contributed by atoms with E-state index in [4.69, 9.17) is 5.73 Å². The predicted molar refractivity (Wildman–Crippen MR) is 58.1 cm³/mol. The highest BCUT2D eigenvalue weighted by Gasteiger charge is 2.28. The van der Waals surface area contributed by atoms with E-state index in [1.54, 1.807) is 0 Å². The van der Waals surface area contributed by atoms with Crippen LogP contribution in [0.3, 0.4) is 0 Å². The first-order valence-corrected chi connectivity index (χ1v) is 6.01. The van der Waals surface area contributed by atoms with Gasteiger partial charge in [0.05, 0.1) is 6.54 Å². The smallest absolute Gasteiger partial charge is 0.329 e. The number of hydrogen-bond donors (Lipinski definition) is 2. The van der Waals surface area contributed by atoms with Crippen molar-refractivity contribution in [2.45, 2.75) is 50.7 Å². The van der Waals surface area contributed by atoms with E-state index in [0.717, 1.165) is 19.3 Å². The normalized spacial score (nSPS) is 21.0. The largest absolute Gasteiger partial charge is 0.401 e. The third-order valence-corrected chi connectivity index (χ3v) is 3.22. The summed E-state index contributed by atoms with van der Waals surface area (Å²) >= 11 is 0. The summed E-state index contributed by atoms with van der Waals surface area (Å²) in [6.07, 6.45) is 2.61. The molecule has 96 valence electrons. The van der Waals surface area contributed by atoms with E-state index in [1.807, 2.05) is 0 Å². The first-order chi connectivity index (χ1) is 7.51. The van der Waals surface area contributed by atoms with Gasteiger partial charge in [0.1, 0.15) is 0 Å². The van der Waals surface area contributed by atoms with Gasteiger partial charge >= 0.3 is 6.18 Å². The Hall–Kier alpha value is -0.290. The Bertz CT molecular complexity index is 188. The predicted octanol–water partition coefficient (Wildman–Crippen LogP) is 2.44. The third kappa shape index (κ3) is 5.70. The second-order valence-electron chi connectivity index (χ2n) is 4.67. The standard InChI is InChI=1S/C11H21F3N2/c12-11(13,14)8-16-10(7-15)6-9-4-2-1-3-5-9/h9-10,16H,1-8,15H2. The highest BCUT2D eigenvalue weighted by Crippen LogP contribution is 2.27. The van der Waals surface area contributed by atoms with Crippen LogP contribution in [-0.2, 0) is 0 Å². The highest BCUT2D eigenvalue weighted by atomic mass is 19.4. The highest BCUT2D eigenvalue weighted by molar-refractivity contribution is 4.76. The first kappa shape index (κ1) is 13.8. The molecule has 0 aromatic carbocycles. The molecule has 0 bridgehead atoms. The number of hydrogen-bond acceptors (Lipinski definition) is 2. The van der Waals surface area contributed by atoms with Crippen molar-refractivity contribution in [3.05, 3.63) is 0 Å². The number of nitrogens with one attached hydrogen (secondary N) is 1. The lowest BCUT2D eigenvalue weighted by Gasteiger charge is -2.26. The Morgan fingerprint density at radius 1 is 1.19 bits per heavy atom. The molecule has 0 radical (unpaired) electrons. The molecule has 5 heteroatoms. The molecule has 0 saturated heterocycles. The van der Waals surface area contributed by atoms with Crippen molar-refractivity contribution in [3.63, 3.8) is 0 Å². The number of alkyl halides is 3. The number of halogens is 3. The number of nitrogens with two attached hydrogens (primary N) is 1. The zero-order valence-electron chi connectivity index (χ0n) is 9.52. The van der Waals surface area contributed by atoms with Gasteiger partial charge in [-0.1, -0.05) is 32.1 Å². The van der Waals surface area contributed by atoms with Gasteiger partial charge in [0.15, 0.2) is 0 Å². The second kappa shape index (κ2) is 6.45. The van der Waals surface area contributed by atoms with E-state index in [2.05, 4.69) is 5.32 Å². The van der Waals surface area contributed by atoms with Crippen LogP contribution in [-0.4, -0.2) is 25.3 Å². The maximum atomic E-state index is 12.0. The molecule has 1 unspecified atom stereocenters. The van der Waals surface area contributed by atoms with Crippen LogP contribution in [0.4, 0.5) is 13.2 Å². The molecule has 0 aliphatic heterocycles. The maximum absolute atomic E-state index is 12.0. The van der Waals surface area contributed by atoms with Crippen molar-refractivity contribution in [1.29, 1.82) is 0 Å². The summed E-state index contributed by atoms with van der Waals surface area (Å²) in [5, 5.41) is 2.51. The quantitative estimate of drug-likeness (QED) is 0.772. The molecule has 1 atom stereocenters. The van der Waals surface area contributed by atoms with Crippen LogP contribution in [0.1, 0.15) is 38.5 Å².